The molecule has 0 saturated carbocycles. The summed E-state index contributed by atoms with van der Waals surface area (Å²) < 4.78 is 5.18. The lowest BCUT2D eigenvalue weighted by atomic mass is 10.1. The summed E-state index contributed by atoms with van der Waals surface area (Å²) in [6, 6.07) is 12.7. The fourth-order valence-electron chi connectivity index (χ4n) is 2.79. The number of nitrogens with one attached hydrogen (secondary N) is 1. The highest BCUT2D eigenvalue weighted by atomic mass is 35.5. The number of ether oxygens (including phenoxy) is 1. The first-order valence-electron chi connectivity index (χ1n) is 7.47. The van der Waals surface area contributed by atoms with Gasteiger partial charge < -0.3 is 10.1 Å². The van der Waals surface area contributed by atoms with Gasteiger partial charge >= 0.3 is 6.03 Å². The number of pyridine rings is 1. The van der Waals surface area contributed by atoms with Crippen LogP contribution >= 0.6 is 12.4 Å². The van der Waals surface area contributed by atoms with Crippen molar-refractivity contribution in [2.24, 2.45) is 9.98 Å². The number of amides is 2. The largest absolute Gasteiger partial charge is 0.497 e. The number of hydrogen-bond acceptors (Lipinski definition) is 4. The van der Waals surface area contributed by atoms with Crippen LogP contribution in [0.3, 0.4) is 0 Å². The average molecular weight is 355 g/mol. The van der Waals surface area contributed by atoms with Gasteiger partial charge in [0.05, 0.1) is 29.1 Å². The van der Waals surface area contributed by atoms with Crippen molar-refractivity contribution in [3.05, 3.63) is 58.9 Å². The second-order valence-electron chi connectivity index (χ2n) is 5.50. The Bertz CT molecular complexity index is 1090. The van der Waals surface area contributed by atoms with Gasteiger partial charge in [0.25, 0.3) is 0 Å². The van der Waals surface area contributed by atoms with Crippen LogP contribution < -0.4 is 20.8 Å². The molecule has 0 radical (unpaired) electrons. The summed E-state index contributed by atoms with van der Waals surface area (Å²) in [5.74, 6) is 0.789. The first-order valence-corrected chi connectivity index (χ1v) is 7.47. The molecular weight excluding hydrogens is 340 g/mol. The summed E-state index contributed by atoms with van der Waals surface area (Å²) in [5, 5.41) is 5.32. The highest BCUT2D eigenvalue weighted by Gasteiger charge is 2.13. The highest BCUT2D eigenvalue weighted by molar-refractivity contribution is 5.94. The van der Waals surface area contributed by atoms with Crippen molar-refractivity contribution in [3.63, 3.8) is 0 Å². The Morgan fingerprint density at radius 3 is 2.52 bits per heavy atom. The maximum absolute atomic E-state index is 11.6. The standard InChI is InChI=1S/C18H14N4O2.ClH/c1-10-9-15(20-11-3-5-12(24-2)6-4-11)16-13(19-10)7-8-14-17(16)22-18(23)21-14;/h3-9H,1-2H3,(H,19,20);1H. The van der Waals surface area contributed by atoms with E-state index >= 15 is 0 Å². The van der Waals surface area contributed by atoms with E-state index < -0.39 is 6.03 Å². The second kappa shape index (κ2) is 6.49. The molecule has 0 fully saturated rings. The molecule has 1 N–H and O–H groups in total. The van der Waals surface area contributed by atoms with Crippen LogP contribution in [-0.4, -0.2) is 18.1 Å². The van der Waals surface area contributed by atoms with E-state index in [0.29, 0.717) is 10.7 Å². The van der Waals surface area contributed by atoms with Crippen LogP contribution in [0.25, 0.3) is 10.9 Å². The molecule has 1 aliphatic heterocycles. The molecule has 1 aliphatic rings. The van der Waals surface area contributed by atoms with Crippen LogP contribution in [0.4, 0.5) is 16.2 Å². The zero-order valence-electron chi connectivity index (χ0n) is 13.6. The number of methoxy groups -OCH3 is 1. The number of anilines is 2. The van der Waals surface area contributed by atoms with E-state index in [1.807, 2.05) is 43.3 Å². The predicted octanol–water partition coefficient (Wildman–Crippen LogP) is 3.09. The fraction of sp³-hybridized carbons (Fsp3) is 0.111. The molecule has 0 atom stereocenters. The third-order valence-electron chi connectivity index (χ3n) is 3.85. The van der Waals surface area contributed by atoms with Crippen LogP contribution in [0.15, 0.2) is 52.4 Å². The minimum Gasteiger partial charge on any atom is -0.497 e. The Labute approximate surface area is 149 Å². The Morgan fingerprint density at radius 1 is 1.04 bits per heavy atom. The van der Waals surface area contributed by atoms with Crippen molar-refractivity contribution in [1.82, 2.24) is 4.98 Å². The number of rotatable bonds is 3. The minimum atomic E-state index is -0.478. The predicted molar refractivity (Wildman–Crippen MR) is 97.7 cm³/mol. The topological polar surface area (TPSA) is 75.9 Å². The number of carbonyl (C=O) groups excluding carboxylic acids is 1. The summed E-state index contributed by atoms with van der Waals surface area (Å²) in [6.07, 6.45) is 0. The number of carbonyl (C=O) groups is 1. The first kappa shape index (κ1) is 16.9. The zero-order valence-corrected chi connectivity index (χ0v) is 14.4. The third-order valence-corrected chi connectivity index (χ3v) is 3.85. The summed E-state index contributed by atoms with van der Waals surface area (Å²) in [5.41, 5.74) is 3.40. The van der Waals surface area contributed by atoms with E-state index in [4.69, 9.17) is 4.74 Å². The minimum absolute atomic E-state index is 0. The number of aromatic nitrogens is 1. The highest BCUT2D eigenvalue weighted by Crippen LogP contribution is 2.25. The van der Waals surface area contributed by atoms with Gasteiger partial charge in [-0.1, -0.05) is 0 Å². The van der Waals surface area contributed by atoms with Gasteiger partial charge in [-0.2, -0.15) is 9.98 Å². The molecule has 2 heterocycles. The molecule has 0 bridgehead atoms. The molecule has 0 spiro atoms. The summed E-state index contributed by atoms with van der Waals surface area (Å²) >= 11 is 0. The van der Waals surface area contributed by atoms with Gasteiger partial charge in [0, 0.05) is 11.4 Å². The van der Waals surface area contributed by atoms with Crippen molar-refractivity contribution in [2.75, 3.05) is 12.4 Å². The molecule has 0 aliphatic carbocycles. The van der Waals surface area contributed by atoms with Crippen molar-refractivity contribution in [3.8, 4) is 5.75 Å². The number of aryl methyl sites for hydroxylation is 1. The van der Waals surface area contributed by atoms with Gasteiger partial charge in [-0.15, -0.1) is 12.4 Å². The van der Waals surface area contributed by atoms with Crippen LogP contribution in [0.2, 0.25) is 0 Å². The maximum atomic E-state index is 11.6. The molecule has 2 aromatic carbocycles. The Kier molecular flexibility index (Phi) is 4.37. The number of nitrogens with zero attached hydrogens (tertiary/aromatic N) is 3. The monoisotopic (exact) mass is 354 g/mol. The molecule has 7 heteroatoms. The molecule has 6 nitrogen and oxygen atoms in total. The lowest BCUT2D eigenvalue weighted by Gasteiger charge is -2.11. The SMILES string of the molecule is COc1ccc(Nc2cc(C)nc3ccc4c(c23)=NC(=O)N=4)cc1.Cl. The normalized spacial score (nSPS) is 12.0. The molecule has 3 aromatic rings. The lowest BCUT2D eigenvalue weighted by Crippen LogP contribution is -2.23. The molecular formula is C18H15ClN4O2. The third kappa shape index (κ3) is 3.04. The lowest BCUT2D eigenvalue weighted by molar-refractivity contribution is 0.257. The van der Waals surface area contributed by atoms with Gasteiger partial charge in [0.15, 0.2) is 0 Å². The van der Waals surface area contributed by atoms with Crippen LogP contribution in [0.5, 0.6) is 5.75 Å². The van der Waals surface area contributed by atoms with Crippen molar-refractivity contribution >= 4 is 40.7 Å². The molecule has 4 rings (SSSR count). The zero-order chi connectivity index (χ0) is 16.7. The van der Waals surface area contributed by atoms with Gasteiger partial charge in [0.1, 0.15) is 11.1 Å². The Hall–Kier alpha value is -2.99. The number of urea groups is 1. The van der Waals surface area contributed by atoms with Crippen LogP contribution in [-0.2, 0) is 0 Å². The van der Waals surface area contributed by atoms with E-state index in [0.717, 1.165) is 33.7 Å². The molecule has 0 saturated heterocycles. The van der Waals surface area contributed by atoms with E-state index in [1.54, 1.807) is 13.2 Å². The number of halogens is 1. The smallest absolute Gasteiger partial charge is 0.368 e. The number of benzene rings is 2. The van der Waals surface area contributed by atoms with E-state index in [1.165, 1.54) is 0 Å². The Morgan fingerprint density at radius 2 is 1.80 bits per heavy atom. The van der Waals surface area contributed by atoms with Crippen molar-refractivity contribution in [2.45, 2.75) is 6.92 Å². The number of hydrogen-bond donors (Lipinski definition) is 1. The first-order chi connectivity index (χ1) is 11.6. The molecule has 25 heavy (non-hydrogen) atoms. The van der Waals surface area contributed by atoms with E-state index in [9.17, 15) is 4.79 Å². The summed E-state index contributed by atoms with van der Waals surface area (Å²) in [4.78, 5) is 24.0. The van der Waals surface area contributed by atoms with Crippen molar-refractivity contribution < 1.29 is 9.53 Å². The summed E-state index contributed by atoms with van der Waals surface area (Å²) in [7, 11) is 1.63. The van der Waals surface area contributed by atoms with Crippen LogP contribution in [0, 0.1) is 6.92 Å². The van der Waals surface area contributed by atoms with Crippen molar-refractivity contribution in [1.29, 1.82) is 0 Å². The molecule has 1 aromatic heterocycles. The fourth-order valence-corrected chi connectivity index (χ4v) is 2.79. The van der Waals surface area contributed by atoms with Gasteiger partial charge in [-0.25, -0.2) is 4.79 Å². The van der Waals surface area contributed by atoms with Gasteiger partial charge in [0.2, 0.25) is 0 Å². The average Bonchev–Trinajstić information content (AvgIpc) is 2.95. The quantitative estimate of drug-likeness (QED) is 0.784. The molecule has 2 amide bonds. The number of fused-ring (bicyclic) bond motifs is 3. The van der Waals surface area contributed by atoms with Crippen LogP contribution in [0.1, 0.15) is 5.69 Å². The van der Waals surface area contributed by atoms with E-state index in [2.05, 4.69) is 20.3 Å². The molecule has 0 unspecified atom stereocenters. The van der Waals surface area contributed by atoms with Gasteiger partial charge in [-0.3, -0.25) is 4.98 Å². The summed E-state index contributed by atoms with van der Waals surface area (Å²) in [6.45, 7) is 1.93. The Balaban J connectivity index is 0.00000182. The second-order valence-corrected chi connectivity index (χ2v) is 5.50. The maximum Gasteiger partial charge on any atom is 0.368 e. The van der Waals surface area contributed by atoms with E-state index in [-0.39, 0.29) is 12.4 Å². The molecule has 126 valence electrons. The van der Waals surface area contributed by atoms with Gasteiger partial charge in [-0.05, 0) is 49.4 Å².